The van der Waals surface area contributed by atoms with Crippen molar-refractivity contribution in [3.63, 3.8) is 0 Å². The van der Waals surface area contributed by atoms with Gasteiger partial charge in [0.25, 0.3) is 0 Å². The zero-order valence-electron chi connectivity index (χ0n) is 14.3. The fourth-order valence-corrected chi connectivity index (χ4v) is 2.98. The van der Waals surface area contributed by atoms with E-state index in [-0.39, 0.29) is 24.8 Å². The smallest absolute Gasteiger partial charge is 0.321 e. The maximum atomic E-state index is 12.4. The molecule has 0 aliphatic heterocycles. The number of nitrogens with one attached hydrogen (secondary N) is 1. The normalized spacial score (nSPS) is 21.1. The van der Waals surface area contributed by atoms with Crippen LogP contribution in [0.2, 0.25) is 0 Å². The topological polar surface area (TPSA) is 61.8 Å². The summed E-state index contributed by atoms with van der Waals surface area (Å²) in [5.74, 6) is 1.20. The Balaban J connectivity index is 1.86. The standard InChI is InChI=1S/C18H28N2O3/c1-13(2)23-17-10-6-15(7-11-17)19-18(22)20(3)16-8-4-14(12-21)5-9-16/h6-7,10-11,13-14,16,21H,4-5,8-9,12H2,1-3H3,(H,19,22). The van der Waals surface area contributed by atoms with Gasteiger partial charge in [-0.1, -0.05) is 0 Å². The number of rotatable bonds is 5. The van der Waals surface area contributed by atoms with E-state index in [9.17, 15) is 9.90 Å². The molecule has 1 aliphatic carbocycles. The van der Waals surface area contributed by atoms with E-state index in [2.05, 4.69) is 5.32 Å². The van der Waals surface area contributed by atoms with Crippen LogP contribution in [-0.4, -0.2) is 41.8 Å². The van der Waals surface area contributed by atoms with Crippen LogP contribution in [0.3, 0.4) is 0 Å². The molecule has 0 radical (unpaired) electrons. The lowest BCUT2D eigenvalue weighted by molar-refractivity contribution is 0.139. The van der Waals surface area contributed by atoms with Gasteiger partial charge in [0.15, 0.2) is 0 Å². The molecule has 2 amide bonds. The summed E-state index contributed by atoms with van der Waals surface area (Å²) in [5.41, 5.74) is 0.766. The van der Waals surface area contributed by atoms with Crippen LogP contribution in [0.1, 0.15) is 39.5 Å². The molecule has 5 heteroatoms. The molecular weight excluding hydrogens is 292 g/mol. The molecular formula is C18H28N2O3. The minimum Gasteiger partial charge on any atom is -0.491 e. The van der Waals surface area contributed by atoms with Crippen molar-refractivity contribution in [1.29, 1.82) is 0 Å². The number of hydrogen-bond acceptors (Lipinski definition) is 3. The molecule has 0 unspecified atom stereocenters. The van der Waals surface area contributed by atoms with Crippen molar-refractivity contribution >= 4 is 11.7 Å². The monoisotopic (exact) mass is 320 g/mol. The highest BCUT2D eigenvalue weighted by molar-refractivity contribution is 5.89. The zero-order valence-corrected chi connectivity index (χ0v) is 14.3. The quantitative estimate of drug-likeness (QED) is 0.873. The van der Waals surface area contributed by atoms with Gasteiger partial charge in [0.2, 0.25) is 0 Å². The Bertz CT molecular complexity index is 493. The highest BCUT2D eigenvalue weighted by atomic mass is 16.5. The largest absolute Gasteiger partial charge is 0.491 e. The first kappa shape index (κ1) is 17.6. The third-order valence-electron chi connectivity index (χ3n) is 4.42. The number of aliphatic hydroxyl groups is 1. The maximum Gasteiger partial charge on any atom is 0.321 e. The molecule has 0 heterocycles. The van der Waals surface area contributed by atoms with Crippen LogP contribution in [0, 0.1) is 5.92 Å². The number of urea groups is 1. The zero-order chi connectivity index (χ0) is 16.8. The van der Waals surface area contributed by atoms with E-state index < -0.39 is 0 Å². The highest BCUT2D eigenvalue weighted by Gasteiger charge is 2.26. The Labute approximate surface area is 138 Å². The molecule has 2 rings (SSSR count). The lowest BCUT2D eigenvalue weighted by Crippen LogP contribution is -2.42. The Morgan fingerprint density at radius 3 is 2.39 bits per heavy atom. The van der Waals surface area contributed by atoms with Crippen molar-refractivity contribution in [2.24, 2.45) is 5.92 Å². The van der Waals surface area contributed by atoms with Gasteiger partial charge in [-0.15, -0.1) is 0 Å². The van der Waals surface area contributed by atoms with Crippen molar-refractivity contribution in [2.45, 2.75) is 51.7 Å². The predicted octanol–water partition coefficient (Wildman–Crippen LogP) is 3.49. The fraction of sp³-hybridized carbons (Fsp3) is 0.611. The summed E-state index contributed by atoms with van der Waals surface area (Å²) >= 11 is 0. The van der Waals surface area contributed by atoms with Gasteiger partial charge in [-0.2, -0.15) is 0 Å². The van der Waals surface area contributed by atoms with E-state index in [1.807, 2.05) is 45.2 Å². The molecule has 0 spiro atoms. The summed E-state index contributed by atoms with van der Waals surface area (Å²) in [5, 5.41) is 12.1. The summed E-state index contributed by atoms with van der Waals surface area (Å²) in [6.45, 7) is 4.22. The molecule has 1 saturated carbocycles. The summed E-state index contributed by atoms with van der Waals surface area (Å²) in [7, 11) is 1.84. The van der Waals surface area contributed by atoms with Crippen molar-refractivity contribution in [1.82, 2.24) is 4.90 Å². The van der Waals surface area contributed by atoms with Gasteiger partial charge in [-0.25, -0.2) is 4.79 Å². The van der Waals surface area contributed by atoms with Crippen molar-refractivity contribution < 1.29 is 14.6 Å². The molecule has 5 nitrogen and oxygen atoms in total. The van der Waals surface area contributed by atoms with Gasteiger partial charge in [0.05, 0.1) is 6.10 Å². The number of amides is 2. The number of anilines is 1. The van der Waals surface area contributed by atoms with Crippen molar-refractivity contribution in [3.8, 4) is 5.75 Å². The number of benzene rings is 1. The van der Waals surface area contributed by atoms with Crippen molar-refractivity contribution in [2.75, 3.05) is 19.0 Å². The maximum absolute atomic E-state index is 12.4. The second-order valence-corrected chi connectivity index (χ2v) is 6.59. The van der Waals surface area contributed by atoms with E-state index >= 15 is 0 Å². The van der Waals surface area contributed by atoms with Crippen LogP contribution in [0.15, 0.2) is 24.3 Å². The second kappa shape index (κ2) is 8.20. The van der Waals surface area contributed by atoms with Crippen molar-refractivity contribution in [3.05, 3.63) is 24.3 Å². The molecule has 1 aliphatic rings. The summed E-state index contributed by atoms with van der Waals surface area (Å²) in [4.78, 5) is 14.1. The number of carbonyl (C=O) groups excluding carboxylic acids is 1. The van der Waals surface area contributed by atoms with Crippen LogP contribution in [-0.2, 0) is 0 Å². The van der Waals surface area contributed by atoms with Gasteiger partial charge >= 0.3 is 6.03 Å². The summed E-state index contributed by atoms with van der Waals surface area (Å²) in [6, 6.07) is 7.60. The number of hydrogen-bond donors (Lipinski definition) is 2. The number of carbonyl (C=O) groups is 1. The number of aliphatic hydroxyl groups excluding tert-OH is 1. The Morgan fingerprint density at radius 1 is 1.26 bits per heavy atom. The lowest BCUT2D eigenvalue weighted by Gasteiger charge is -2.34. The molecule has 0 saturated heterocycles. The molecule has 0 atom stereocenters. The Kier molecular flexibility index (Phi) is 6.28. The molecule has 23 heavy (non-hydrogen) atoms. The fourth-order valence-electron chi connectivity index (χ4n) is 2.98. The first-order chi connectivity index (χ1) is 11.0. The van der Waals surface area contributed by atoms with Crippen LogP contribution in [0.5, 0.6) is 5.75 Å². The molecule has 1 aromatic rings. The lowest BCUT2D eigenvalue weighted by atomic mass is 9.86. The average Bonchev–Trinajstić information content (AvgIpc) is 2.55. The van der Waals surface area contributed by atoms with Gasteiger partial charge < -0.3 is 20.1 Å². The third-order valence-corrected chi connectivity index (χ3v) is 4.42. The minimum absolute atomic E-state index is 0.0880. The second-order valence-electron chi connectivity index (χ2n) is 6.59. The Morgan fingerprint density at radius 2 is 1.87 bits per heavy atom. The van der Waals surface area contributed by atoms with Gasteiger partial charge in [-0.05, 0) is 69.7 Å². The first-order valence-electron chi connectivity index (χ1n) is 8.41. The minimum atomic E-state index is -0.0880. The molecule has 1 aromatic carbocycles. The van der Waals surface area contributed by atoms with Gasteiger partial charge in [0, 0.05) is 25.4 Å². The van der Waals surface area contributed by atoms with E-state index in [1.165, 1.54) is 0 Å². The molecule has 128 valence electrons. The third kappa shape index (κ3) is 5.13. The van der Waals surface area contributed by atoms with E-state index in [0.717, 1.165) is 37.1 Å². The number of nitrogens with zero attached hydrogens (tertiary/aromatic N) is 1. The molecule has 0 aromatic heterocycles. The van der Waals surface area contributed by atoms with Crippen LogP contribution in [0.4, 0.5) is 10.5 Å². The Hall–Kier alpha value is -1.75. The van der Waals surface area contributed by atoms with Crippen LogP contribution >= 0.6 is 0 Å². The molecule has 0 bridgehead atoms. The summed E-state index contributed by atoms with van der Waals surface area (Å²) < 4.78 is 5.59. The number of ether oxygens (including phenoxy) is 1. The molecule has 1 fully saturated rings. The van der Waals surface area contributed by atoms with E-state index in [4.69, 9.17) is 4.74 Å². The van der Waals surface area contributed by atoms with Crippen LogP contribution in [0.25, 0.3) is 0 Å². The van der Waals surface area contributed by atoms with E-state index in [1.54, 1.807) is 4.90 Å². The highest BCUT2D eigenvalue weighted by Crippen LogP contribution is 2.27. The summed E-state index contributed by atoms with van der Waals surface area (Å²) in [6.07, 6.45) is 4.02. The first-order valence-corrected chi connectivity index (χ1v) is 8.41. The van der Waals surface area contributed by atoms with E-state index in [0.29, 0.717) is 5.92 Å². The average molecular weight is 320 g/mol. The van der Waals surface area contributed by atoms with Crippen LogP contribution < -0.4 is 10.1 Å². The predicted molar refractivity (Wildman–Crippen MR) is 91.8 cm³/mol. The SMILES string of the molecule is CC(C)Oc1ccc(NC(=O)N(C)C2CCC(CO)CC2)cc1. The molecule has 2 N–H and O–H groups in total. The van der Waals surface area contributed by atoms with Gasteiger partial charge in [0.1, 0.15) is 5.75 Å². The van der Waals surface area contributed by atoms with Gasteiger partial charge in [-0.3, -0.25) is 0 Å².